The number of nitriles is 1. The summed E-state index contributed by atoms with van der Waals surface area (Å²) in [6.07, 6.45) is 1.51. The van der Waals surface area contributed by atoms with Gasteiger partial charge in [0.15, 0.2) is 0 Å². The van der Waals surface area contributed by atoms with Crippen LogP contribution in [0.3, 0.4) is 0 Å². The average molecular weight is 355 g/mol. The first-order chi connectivity index (χ1) is 13.2. The molecule has 3 aromatic rings. The molecule has 4 nitrogen and oxygen atoms in total. The number of carbonyl (C=O) groups is 1. The normalized spacial score (nSPS) is 10.7. The highest BCUT2D eigenvalue weighted by Gasteiger charge is 2.11. The smallest absolute Gasteiger partial charge is 0.349 e. The SMILES string of the molecule is N#C/C(=C\c1ccccc1)C(=O)OCc1cccc(Oc2ccccc2)c1. The third kappa shape index (κ3) is 5.32. The van der Waals surface area contributed by atoms with Crippen LogP contribution in [0.25, 0.3) is 6.08 Å². The maximum Gasteiger partial charge on any atom is 0.349 e. The maximum atomic E-state index is 12.2. The van der Waals surface area contributed by atoms with Crippen molar-refractivity contribution in [2.24, 2.45) is 0 Å². The summed E-state index contributed by atoms with van der Waals surface area (Å²) in [5, 5.41) is 9.22. The first-order valence-corrected chi connectivity index (χ1v) is 8.40. The lowest BCUT2D eigenvalue weighted by Gasteiger charge is -2.08. The Balaban J connectivity index is 1.64. The predicted molar refractivity (Wildman–Crippen MR) is 103 cm³/mol. The van der Waals surface area contributed by atoms with Gasteiger partial charge < -0.3 is 9.47 Å². The predicted octanol–water partition coefficient (Wildman–Crippen LogP) is 5.13. The van der Waals surface area contributed by atoms with Gasteiger partial charge in [-0.15, -0.1) is 0 Å². The summed E-state index contributed by atoms with van der Waals surface area (Å²) >= 11 is 0. The van der Waals surface area contributed by atoms with Gasteiger partial charge >= 0.3 is 5.97 Å². The Kier molecular flexibility index (Phi) is 6.00. The Morgan fingerprint density at radius 1 is 0.889 bits per heavy atom. The number of ether oxygens (including phenoxy) is 2. The highest BCUT2D eigenvalue weighted by molar-refractivity contribution is 5.97. The number of para-hydroxylation sites is 1. The van der Waals surface area contributed by atoms with Crippen LogP contribution in [-0.4, -0.2) is 5.97 Å². The minimum Gasteiger partial charge on any atom is -0.457 e. The Labute approximate surface area is 157 Å². The van der Waals surface area contributed by atoms with E-state index in [0.717, 1.165) is 16.9 Å². The van der Waals surface area contributed by atoms with Crippen molar-refractivity contribution >= 4 is 12.0 Å². The van der Waals surface area contributed by atoms with E-state index in [2.05, 4.69) is 0 Å². The molecule has 0 spiro atoms. The van der Waals surface area contributed by atoms with E-state index in [0.29, 0.717) is 5.75 Å². The Morgan fingerprint density at radius 2 is 1.56 bits per heavy atom. The fourth-order valence-electron chi connectivity index (χ4n) is 2.40. The number of hydrogen-bond acceptors (Lipinski definition) is 4. The second kappa shape index (κ2) is 9.02. The maximum absolute atomic E-state index is 12.2. The Hall–Kier alpha value is -3.84. The minimum absolute atomic E-state index is 0.0436. The van der Waals surface area contributed by atoms with Gasteiger partial charge in [-0.25, -0.2) is 4.79 Å². The van der Waals surface area contributed by atoms with E-state index in [9.17, 15) is 10.1 Å². The lowest BCUT2D eigenvalue weighted by molar-refractivity contribution is -0.139. The van der Waals surface area contributed by atoms with Crippen LogP contribution in [0.4, 0.5) is 0 Å². The molecular formula is C23H17NO3. The van der Waals surface area contributed by atoms with E-state index < -0.39 is 5.97 Å². The summed E-state index contributed by atoms with van der Waals surface area (Å²) in [7, 11) is 0. The van der Waals surface area contributed by atoms with Crippen molar-refractivity contribution in [2.75, 3.05) is 0 Å². The number of hydrogen-bond donors (Lipinski definition) is 0. The van der Waals surface area contributed by atoms with Crippen molar-refractivity contribution in [3.05, 3.63) is 102 Å². The summed E-state index contributed by atoms with van der Waals surface area (Å²) in [5.41, 5.74) is 1.50. The van der Waals surface area contributed by atoms with Gasteiger partial charge in [0.25, 0.3) is 0 Å². The molecule has 0 N–H and O–H groups in total. The molecule has 3 rings (SSSR count). The first kappa shape index (κ1) is 18.0. The largest absolute Gasteiger partial charge is 0.457 e. The van der Waals surface area contributed by atoms with Crippen molar-refractivity contribution in [3.8, 4) is 17.6 Å². The number of esters is 1. The molecule has 0 aliphatic heterocycles. The van der Waals surface area contributed by atoms with Gasteiger partial charge in [-0.2, -0.15) is 5.26 Å². The van der Waals surface area contributed by atoms with Crippen LogP contribution in [-0.2, 0) is 16.1 Å². The van der Waals surface area contributed by atoms with E-state index in [-0.39, 0.29) is 12.2 Å². The van der Waals surface area contributed by atoms with E-state index in [4.69, 9.17) is 9.47 Å². The summed E-state index contributed by atoms with van der Waals surface area (Å²) in [5.74, 6) is 0.718. The lowest BCUT2D eigenvalue weighted by atomic mass is 10.1. The molecule has 0 radical (unpaired) electrons. The molecule has 0 saturated heterocycles. The molecule has 0 bridgehead atoms. The molecule has 0 heterocycles. The van der Waals surface area contributed by atoms with Gasteiger partial charge in [0.2, 0.25) is 0 Å². The third-order valence-corrected chi connectivity index (χ3v) is 3.70. The molecule has 0 aliphatic carbocycles. The van der Waals surface area contributed by atoms with Crippen molar-refractivity contribution in [1.29, 1.82) is 5.26 Å². The second-order valence-electron chi connectivity index (χ2n) is 5.72. The van der Waals surface area contributed by atoms with Gasteiger partial charge in [-0.05, 0) is 41.5 Å². The number of benzene rings is 3. The summed E-state index contributed by atoms with van der Waals surface area (Å²) in [6, 6.07) is 27.8. The molecule has 0 atom stereocenters. The second-order valence-corrected chi connectivity index (χ2v) is 5.72. The Bertz CT molecular complexity index is 973. The summed E-state index contributed by atoms with van der Waals surface area (Å²) in [4.78, 5) is 12.2. The van der Waals surface area contributed by atoms with Crippen LogP contribution in [0.5, 0.6) is 11.5 Å². The molecule has 0 unspecified atom stereocenters. The average Bonchev–Trinajstić information content (AvgIpc) is 2.72. The molecule has 0 aromatic heterocycles. The van der Waals surface area contributed by atoms with E-state index in [1.54, 1.807) is 6.07 Å². The Morgan fingerprint density at radius 3 is 2.26 bits per heavy atom. The number of rotatable bonds is 6. The van der Waals surface area contributed by atoms with Crippen LogP contribution >= 0.6 is 0 Å². The molecule has 27 heavy (non-hydrogen) atoms. The standard InChI is InChI=1S/C23H17NO3/c24-16-20(14-18-8-3-1-4-9-18)23(25)26-17-19-10-7-13-22(15-19)27-21-11-5-2-6-12-21/h1-15H,17H2/b20-14+. The van der Waals surface area contributed by atoms with E-state index >= 15 is 0 Å². The minimum atomic E-state index is -0.657. The molecule has 3 aromatic carbocycles. The van der Waals surface area contributed by atoms with Crippen molar-refractivity contribution in [1.82, 2.24) is 0 Å². The summed E-state index contributed by atoms with van der Waals surface area (Å²) in [6.45, 7) is 0.0542. The van der Waals surface area contributed by atoms with Crippen LogP contribution in [0.1, 0.15) is 11.1 Å². The molecule has 0 saturated carbocycles. The van der Waals surface area contributed by atoms with Gasteiger partial charge in [0.05, 0.1) is 0 Å². The molecule has 132 valence electrons. The lowest BCUT2D eigenvalue weighted by Crippen LogP contribution is -2.06. The summed E-state index contributed by atoms with van der Waals surface area (Å²) < 4.78 is 11.0. The molecule has 4 heteroatoms. The molecular weight excluding hydrogens is 338 g/mol. The van der Waals surface area contributed by atoms with Crippen LogP contribution in [0.2, 0.25) is 0 Å². The van der Waals surface area contributed by atoms with Crippen molar-refractivity contribution in [2.45, 2.75) is 6.61 Å². The van der Waals surface area contributed by atoms with E-state index in [1.807, 2.05) is 84.9 Å². The zero-order valence-corrected chi connectivity index (χ0v) is 14.5. The molecule has 0 fully saturated rings. The van der Waals surface area contributed by atoms with Crippen molar-refractivity contribution in [3.63, 3.8) is 0 Å². The zero-order valence-electron chi connectivity index (χ0n) is 14.5. The topological polar surface area (TPSA) is 59.3 Å². The zero-order chi connectivity index (χ0) is 18.9. The van der Waals surface area contributed by atoms with Gasteiger partial charge in [0, 0.05) is 0 Å². The number of nitrogens with zero attached hydrogens (tertiary/aromatic N) is 1. The van der Waals surface area contributed by atoms with Crippen LogP contribution < -0.4 is 4.74 Å². The van der Waals surface area contributed by atoms with Crippen LogP contribution in [0, 0.1) is 11.3 Å². The van der Waals surface area contributed by atoms with Crippen LogP contribution in [0.15, 0.2) is 90.5 Å². The highest BCUT2D eigenvalue weighted by atomic mass is 16.5. The fourth-order valence-corrected chi connectivity index (χ4v) is 2.40. The van der Waals surface area contributed by atoms with Gasteiger partial charge in [-0.3, -0.25) is 0 Å². The van der Waals surface area contributed by atoms with E-state index in [1.165, 1.54) is 6.08 Å². The van der Waals surface area contributed by atoms with Gasteiger partial charge in [-0.1, -0.05) is 60.7 Å². The quantitative estimate of drug-likeness (QED) is 0.349. The number of carbonyl (C=O) groups excluding carboxylic acids is 1. The fraction of sp³-hybridized carbons (Fsp3) is 0.0435. The monoisotopic (exact) mass is 355 g/mol. The first-order valence-electron chi connectivity index (χ1n) is 8.40. The molecule has 0 aliphatic rings. The highest BCUT2D eigenvalue weighted by Crippen LogP contribution is 2.22. The van der Waals surface area contributed by atoms with Crippen molar-refractivity contribution < 1.29 is 14.3 Å². The molecule has 0 amide bonds. The third-order valence-electron chi connectivity index (χ3n) is 3.70. The van der Waals surface area contributed by atoms with Gasteiger partial charge in [0.1, 0.15) is 29.7 Å².